The van der Waals surface area contributed by atoms with Gasteiger partial charge in [-0.15, -0.1) is 0 Å². The van der Waals surface area contributed by atoms with Crippen molar-refractivity contribution in [2.24, 2.45) is 0 Å². The number of hydrogen-bond donors (Lipinski definition) is 2. The van der Waals surface area contributed by atoms with E-state index < -0.39 is 5.97 Å². The number of nitrogens with zero attached hydrogens (tertiary/aromatic N) is 1. The van der Waals surface area contributed by atoms with Gasteiger partial charge in [0.1, 0.15) is 11.5 Å². The van der Waals surface area contributed by atoms with Crippen LogP contribution in [0, 0.1) is 6.92 Å². The SMILES string of the molecule is Cc1cc(Oc2ccccc2)ccc1-c1ccc2c(c1)CN[C@H]2CCc1cnccc1C(=O)O. The van der Waals surface area contributed by atoms with E-state index in [9.17, 15) is 9.90 Å². The summed E-state index contributed by atoms with van der Waals surface area (Å²) in [5.41, 5.74) is 7.21. The minimum atomic E-state index is -0.905. The number of carbonyl (C=O) groups is 1. The second-order valence-electron chi connectivity index (χ2n) is 8.62. The van der Waals surface area contributed by atoms with Crippen molar-refractivity contribution in [3.8, 4) is 22.6 Å². The van der Waals surface area contributed by atoms with E-state index in [-0.39, 0.29) is 6.04 Å². The molecule has 0 radical (unpaired) electrons. The summed E-state index contributed by atoms with van der Waals surface area (Å²) in [6.07, 6.45) is 4.68. The Hall–Kier alpha value is -3.96. The molecule has 2 heterocycles. The predicted molar refractivity (Wildman–Crippen MR) is 132 cm³/mol. The summed E-state index contributed by atoms with van der Waals surface area (Å²) in [7, 11) is 0. The number of benzene rings is 3. The lowest BCUT2D eigenvalue weighted by Crippen LogP contribution is -2.13. The van der Waals surface area contributed by atoms with Crippen molar-refractivity contribution in [3.63, 3.8) is 0 Å². The molecule has 0 bridgehead atoms. The fourth-order valence-electron chi connectivity index (χ4n) is 4.65. The highest BCUT2D eigenvalue weighted by molar-refractivity contribution is 5.89. The topological polar surface area (TPSA) is 71.5 Å². The monoisotopic (exact) mass is 450 g/mol. The first-order chi connectivity index (χ1) is 16.6. The first kappa shape index (κ1) is 21.9. The number of hydrogen-bond acceptors (Lipinski definition) is 4. The van der Waals surface area contributed by atoms with Gasteiger partial charge in [-0.05, 0) is 89.5 Å². The van der Waals surface area contributed by atoms with Gasteiger partial charge >= 0.3 is 5.97 Å². The zero-order valence-electron chi connectivity index (χ0n) is 19.0. The first-order valence-corrected chi connectivity index (χ1v) is 11.4. The van der Waals surface area contributed by atoms with Crippen molar-refractivity contribution in [2.75, 3.05) is 0 Å². The third kappa shape index (κ3) is 4.56. The summed E-state index contributed by atoms with van der Waals surface area (Å²) >= 11 is 0. The average molecular weight is 451 g/mol. The number of pyridine rings is 1. The molecule has 1 aromatic heterocycles. The summed E-state index contributed by atoms with van der Waals surface area (Å²) < 4.78 is 5.97. The lowest BCUT2D eigenvalue weighted by molar-refractivity contribution is 0.0695. The van der Waals surface area contributed by atoms with Gasteiger partial charge < -0.3 is 15.2 Å². The maximum absolute atomic E-state index is 11.5. The summed E-state index contributed by atoms with van der Waals surface area (Å²) in [6, 6.07) is 24.4. The number of aryl methyl sites for hydroxylation is 2. The molecule has 0 saturated heterocycles. The van der Waals surface area contributed by atoms with Crippen LogP contribution in [-0.2, 0) is 13.0 Å². The maximum Gasteiger partial charge on any atom is 0.336 e. The maximum atomic E-state index is 11.5. The fourth-order valence-corrected chi connectivity index (χ4v) is 4.65. The van der Waals surface area contributed by atoms with Gasteiger partial charge in [-0.1, -0.05) is 36.4 Å². The molecule has 0 aliphatic carbocycles. The van der Waals surface area contributed by atoms with Crippen LogP contribution in [0.2, 0.25) is 0 Å². The molecule has 0 amide bonds. The molecule has 0 saturated carbocycles. The molecule has 0 spiro atoms. The van der Waals surface area contributed by atoms with Crippen LogP contribution >= 0.6 is 0 Å². The third-order valence-corrected chi connectivity index (χ3v) is 6.38. The lowest BCUT2D eigenvalue weighted by Gasteiger charge is -2.14. The van der Waals surface area contributed by atoms with Crippen molar-refractivity contribution in [3.05, 3.63) is 113 Å². The average Bonchev–Trinajstić information content (AvgIpc) is 3.26. The number of fused-ring (bicyclic) bond motifs is 1. The van der Waals surface area contributed by atoms with Crippen LogP contribution in [0.5, 0.6) is 11.5 Å². The smallest absolute Gasteiger partial charge is 0.336 e. The van der Waals surface area contributed by atoms with Gasteiger partial charge in [0.05, 0.1) is 5.56 Å². The summed E-state index contributed by atoms with van der Waals surface area (Å²) in [5, 5.41) is 13.0. The minimum Gasteiger partial charge on any atom is -0.478 e. The van der Waals surface area contributed by atoms with Crippen LogP contribution in [0.3, 0.4) is 0 Å². The Bertz CT molecular complexity index is 1330. The molecule has 0 unspecified atom stereocenters. The van der Waals surface area contributed by atoms with Crippen molar-refractivity contribution in [2.45, 2.75) is 32.4 Å². The van der Waals surface area contributed by atoms with Gasteiger partial charge in [0.25, 0.3) is 0 Å². The quantitative estimate of drug-likeness (QED) is 0.344. The number of carboxylic acid groups (broad SMARTS) is 1. The van der Waals surface area contributed by atoms with E-state index in [1.54, 1.807) is 12.3 Å². The van der Waals surface area contributed by atoms with Crippen LogP contribution in [0.25, 0.3) is 11.1 Å². The molecule has 0 fully saturated rings. The van der Waals surface area contributed by atoms with Crippen molar-refractivity contribution < 1.29 is 14.6 Å². The summed E-state index contributed by atoms with van der Waals surface area (Å²) in [5.74, 6) is 0.745. The molecule has 1 aliphatic heterocycles. The van der Waals surface area contributed by atoms with E-state index in [2.05, 4.69) is 47.6 Å². The Kier molecular flexibility index (Phi) is 6.11. The largest absolute Gasteiger partial charge is 0.478 e. The highest BCUT2D eigenvalue weighted by Crippen LogP contribution is 2.35. The summed E-state index contributed by atoms with van der Waals surface area (Å²) in [6.45, 7) is 2.91. The minimum absolute atomic E-state index is 0.202. The second-order valence-corrected chi connectivity index (χ2v) is 8.62. The van der Waals surface area contributed by atoms with E-state index in [1.165, 1.54) is 28.5 Å². The zero-order valence-corrected chi connectivity index (χ0v) is 19.0. The Labute approximate surface area is 199 Å². The summed E-state index contributed by atoms with van der Waals surface area (Å²) in [4.78, 5) is 15.6. The van der Waals surface area contributed by atoms with Gasteiger partial charge in [-0.25, -0.2) is 4.79 Å². The molecular formula is C29H26N2O3. The number of carboxylic acids is 1. The molecule has 5 nitrogen and oxygen atoms in total. The van der Waals surface area contributed by atoms with Gasteiger partial charge in [0.15, 0.2) is 0 Å². The third-order valence-electron chi connectivity index (χ3n) is 6.38. The predicted octanol–water partition coefficient (Wildman–Crippen LogP) is 6.32. The van der Waals surface area contributed by atoms with E-state index in [1.807, 2.05) is 36.4 Å². The van der Waals surface area contributed by atoms with Crippen LogP contribution in [0.15, 0.2) is 85.2 Å². The number of ether oxygens (including phenoxy) is 1. The van der Waals surface area contributed by atoms with E-state index in [4.69, 9.17) is 4.74 Å². The molecular weight excluding hydrogens is 424 g/mol. The zero-order chi connectivity index (χ0) is 23.5. The molecule has 34 heavy (non-hydrogen) atoms. The fraction of sp³-hybridized carbons (Fsp3) is 0.172. The Morgan fingerprint density at radius 1 is 1.06 bits per heavy atom. The van der Waals surface area contributed by atoms with Gasteiger partial charge in [0.2, 0.25) is 0 Å². The second kappa shape index (κ2) is 9.49. The molecule has 1 atom stereocenters. The van der Waals surface area contributed by atoms with Crippen molar-refractivity contribution >= 4 is 5.97 Å². The molecule has 2 N–H and O–H groups in total. The van der Waals surface area contributed by atoms with Gasteiger partial charge in [-0.3, -0.25) is 4.98 Å². The highest BCUT2D eigenvalue weighted by atomic mass is 16.5. The van der Waals surface area contributed by atoms with Crippen LogP contribution < -0.4 is 10.1 Å². The number of para-hydroxylation sites is 1. The Morgan fingerprint density at radius 3 is 2.71 bits per heavy atom. The van der Waals surface area contributed by atoms with E-state index >= 15 is 0 Å². The van der Waals surface area contributed by atoms with Crippen LogP contribution in [-0.4, -0.2) is 16.1 Å². The van der Waals surface area contributed by atoms with Crippen LogP contribution in [0.4, 0.5) is 0 Å². The molecule has 5 rings (SSSR count). The number of rotatable bonds is 7. The molecule has 5 heteroatoms. The normalized spacial score (nSPS) is 14.6. The van der Waals surface area contributed by atoms with E-state index in [0.717, 1.165) is 35.6 Å². The molecule has 170 valence electrons. The standard InChI is InChI=1S/C29H26N2O3/c1-19-15-24(34-23-5-3-2-4-6-23)9-11-25(19)20-7-10-26-22(16-20)18-31-28(26)12-8-21-17-30-14-13-27(21)29(32)33/h2-7,9-11,13-17,28,31H,8,12,18H2,1H3,(H,32,33)/t28-/m0/s1. The first-order valence-electron chi connectivity index (χ1n) is 11.4. The van der Waals surface area contributed by atoms with Gasteiger partial charge in [0, 0.05) is 25.0 Å². The lowest BCUT2D eigenvalue weighted by atomic mass is 9.93. The molecule has 3 aromatic carbocycles. The van der Waals surface area contributed by atoms with Crippen molar-refractivity contribution in [1.82, 2.24) is 10.3 Å². The number of nitrogens with one attached hydrogen (secondary N) is 1. The Balaban J connectivity index is 1.31. The van der Waals surface area contributed by atoms with Gasteiger partial charge in [-0.2, -0.15) is 0 Å². The van der Waals surface area contributed by atoms with Crippen molar-refractivity contribution in [1.29, 1.82) is 0 Å². The van der Waals surface area contributed by atoms with Crippen LogP contribution in [0.1, 0.15) is 45.1 Å². The Morgan fingerprint density at radius 2 is 1.91 bits per heavy atom. The number of aromatic nitrogens is 1. The number of aromatic carboxylic acids is 1. The molecule has 1 aliphatic rings. The molecule has 4 aromatic rings. The highest BCUT2D eigenvalue weighted by Gasteiger charge is 2.23. The van der Waals surface area contributed by atoms with E-state index in [0.29, 0.717) is 12.0 Å².